The van der Waals surface area contributed by atoms with Gasteiger partial charge in [0.05, 0.1) is 0 Å². The molecule has 0 amide bonds. The fourth-order valence-electron chi connectivity index (χ4n) is 0.454. The van der Waals surface area contributed by atoms with E-state index in [0.29, 0.717) is 0 Å². The van der Waals surface area contributed by atoms with Crippen LogP contribution in [-0.2, 0) is 0 Å². The molecule has 0 atom stereocenters. The lowest BCUT2D eigenvalue weighted by Crippen LogP contribution is -2.62. The monoisotopic (exact) mass is 250 g/mol. The second kappa shape index (κ2) is 3.04. The normalized spacial score (nSPS) is 15.9. The third-order valence-electron chi connectivity index (χ3n) is 1.30. The second-order valence-electron chi connectivity index (χ2n) is 2.53. The largest absolute Gasteiger partial charge is 0.498 e. The van der Waals surface area contributed by atoms with Crippen molar-refractivity contribution in [3.63, 3.8) is 0 Å². The van der Waals surface area contributed by atoms with Gasteiger partial charge in [0, 0.05) is 0 Å². The van der Waals surface area contributed by atoms with E-state index in [2.05, 4.69) is 0 Å². The van der Waals surface area contributed by atoms with Crippen molar-refractivity contribution in [1.29, 1.82) is 0 Å². The number of alkyl halides is 7. The first kappa shape index (κ1) is 13.6. The van der Waals surface area contributed by atoms with Crippen LogP contribution in [0.1, 0.15) is 0 Å². The Balaban J connectivity index is 5.30. The standard InChI is InChI=1S/C4H3F9Si/c1-14(12,13)4(10,11)2(5,6)3(7,8)9/h1H3. The summed E-state index contributed by atoms with van der Waals surface area (Å²) < 4.78 is 106. The van der Waals surface area contributed by atoms with Crippen LogP contribution in [0.25, 0.3) is 0 Å². The molecule has 0 aliphatic heterocycles. The van der Waals surface area contributed by atoms with Crippen molar-refractivity contribution >= 4 is 8.74 Å². The van der Waals surface area contributed by atoms with E-state index in [-0.39, 0.29) is 0 Å². The molecule has 0 nitrogen and oxygen atoms in total. The van der Waals surface area contributed by atoms with Gasteiger partial charge in [-0.25, -0.2) is 0 Å². The van der Waals surface area contributed by atoms with Crippen molar-refractivity contribution in [2.45, 2.75) is 24.2 Å². The first-order valence-corrected chi connectivity index (χ1v) is 5.21. The summed E-state index contributed by atoms with van der Waals surface area (Å²) >= 11 is 0. The van der Waals surface area contributed by atoms with Crippen LogP contribution in [0.15, 0.2) is 0 Å². The van der Waals surface area contributed by atoms with Crippen LogP contribution in [0.2, 0.25) is 6.55 Å². The summed E-state index contributed by atoms with van der Waals surface area (Å²) in [5.41, 5.74) is -6.34. The van der Waals surface area contributed by atoms with Crippen LogP contribution < -0.4 is 0 Å². The predicted molar refractivity (Wildman–Crippen MR) is 29.8 cm³/mol. The number of hydrogen-bond acceptors (Lipinski definition) is 0. The van der Waals surface area contributed by atoms with Gasteiger partial charge >= 0.3 is 26.4 Å². The van der Waals surface area contributed by atoms with Crippen molar-refractivity contribution in [2.75, 3.05) is 0 Å². The molecule has 0 heterocycles. The first-order valence-electron chi connectivity index (χ1n) is 2.95. The minimum atomic E-state index is -6.93. The average Bonchev–Trinajstić information content (AvgIpc) is 1.81. The first-order chi connectivity index (χ1) is 5.75. The molecule has 0 spiro atoms. The zero-order valence-corrected chi connectivity index (χ0v) is 7.40. The molecular formula is C4H3F9Si. The van der Waals surface area contributed by atoms with Gasteiger partial charge in [-0.05, 0) is 6.55 Å². The minimum absolute atomic E-state index is 0.577. The maximum absolute atomic E-state index is 12.0. The summed E-state index contributed by atoms with van der Waals surface area (Å²) in [6, 6.07) is 0. The molecule has 0 aromatic heterocycles. The number of rotatable bonds is 2. The van der Waals surface area contributed by atoms with E-state index >= 15 is 0 Å². The van der Waals surface area contributed by atoms with E-state index in [4.69, 9.17) is 0 Å². The van der Waals surface area contributed by atoms with E-state index in [9.17, 15) is 38.9 Å². The highest BCUT2D eigenvalue weighted by atomic mass is 28.4. The molecule has 0 N–H and O–H groups in total. The Kier molecular flexibility index (Phi) is 2.95. The van der Waals surface area contributed by atoms with Crippen molar-refractivity contribution < 1.29 is 38.9 Å². The van der Waals surface area contributed by atoms with Crippen LogP contribution in [0.3, 0.4) is 0 Å². The van der Waals surface area contributed by atoms with E-state index in [0.717, 1.165) is 0 Å². The van der Waals surface area contributed by atoms with Gasteiger partial charge in [0.1, 0.15) is 0 Å². The Bertz CT molecular complexity index is 186. The summed E-state index contributed by atoms with van der Waals surface area (Å²) in [6.07, 6.45) is -6.69. The number of hydrogen-bond donors (Lipinski definition) is 0. The molecule has 0 fully saturated rings. The highest BCUT2D eigenvalue weighted by molar-refractivity contribution is 6.67. The Hall–Kier alpha value is -0.413. The Labute approximate surface area is 73.1 Å². The highest BCUT2D eigenvalue weighted by Crippen LogP contribution is 2.50. The summed E-state index contributed by atoms with van der Waals surface area (Å²) in [5, 5.41) is 0. The Morgan fingerprint density at radius 3 is 1.14 bits per heavy atom. The molecule has 0 radical (unpaired) electrons. The van der Waals surface area contributed by atoms with Crippen molar-refractivity contribution in [1.82, 2.24) is 0 Å². The molecule has 0 aromatic carbocycles. The molecule has 0 saturated carbocycles. The average molecular weight is 250 g/mol. The summed E-state index contributed by atoms with van der Waals surface area (Å²) in [4.78, 5) is 0. The Morgan fingerprint density at radius 1 is 0.786 bits per heavy atom. The van der Waals surface area contributed by atoms with Crippen LogP contribution in [-0.4, -0.2) is 26.4 Å². The van der Waals surface area contributed by atoms with Gasteiger partial charge in [0.15, 0.2) is 0 Å². The lowest BCUT2D eigenvalue weighted by atomic mass is 10.3. The van der Waals surface area contributed by atoms with Crippen LogP contribution in [0, 0.1) is 0 Å². The molecule has 0 saturated heterocycles. The van der Waals surface area contributed by atoms with Crippen molar-refractivity contribution in [2.24, 2.45) is 0 Å². The van der Waals surface area contributed by atoms with Gasteiger partial charge in [-0.2, -0.15) is 30.7 Å². The van der Waals surface area contributed by atoms with E-state index < -0.39 is 32.9 Å². The third-order valence-corrected chi connectivity index (χ3v) is 2.72. The second-order valence-corrected chi connectivity index (χ2v) is 4.94. The minimum Gasteiger partial charge on any atom is -0.264 e. The Morgan fingerprint density at radius 2 is 1.07 bits per heavy atom. The molecule has 86 valence electrons. The van der Waals surface area contributed by atoms with Crippen LogP contribution >= 0.6 is 0 Å². The van der Waals surface area contributed by atoms with Crippen molar-refractivity contribution in [3.05, 3.63) is 0 Å². The lowest BCUT2D eigenvalue weighted by molar-refractivity contribution is -0.338. The van der Waals surface area contributed by atoms with E-state index in [1.807, 2.05) is 0 Å². The molecule has 0 aliphatic carbocycles. The van der Waals surface area contributed by atoms with Crippen molar-refractivity contribution in [3.8, 4) is 0 Å². The van der Waals surface area contributed by atoms with Crippen LogP contribution in [0.4, 0.5) is 38.9 Å². The van der Waals surface area contributed by atoms with E-state index in [1.54, 1.807) is 0 Å². The molecule has 10 heteroatoms. The lowest BCUT2D eigenvalue weighted by Gasteiger charge is -2.30. The fraction of sp³-hybridized carbons (Fsp3) is 1.00. The molecule has 0 bridgehead atoms. The highest BCUT2D eigenvalue weighted by Gasteiger charge is 2.81. The maximum atomic E-state index is 12.0. The summed E-state index contributed by atoms with van der Waals surface area (Å²) in [7, 11) is -6.93. The van der Waals surface area contributed by atoms with Gasteiger partial charge in [0.25, 0.3) is 0 Å². The van der Waals surface area contributed by atoms with Gasteiger partial charge in [-0.3, -0.25) is 8.22 Å². The quantitative estimate of drug-likeness (QED) is 0.400. The molecule has 14 heavy (non-hydrogen) atoms. The zero-order valence-electron chi connectivity index (χ0n) is 6.40. The van der Waals surface area contributed by atoms with Gasteiger partial charge in [0.2, 0.25) is 0 Å². The topological polar surface area (TPSA) is 0 Å². The molecule has 0 aliphatic rings. The third kappa shape index (κ3) is 1.84. The molecule has 0 rings (SSSR count). The molecule has 0 unspecified atom stereocenters. The fourth-order valence-corrected chi connectivity index (χ4v) is 1.15. The van der Waals surface area contributed by atoms with Gasteiger partial charge < -0.3 is 0 Å². The maximum Gasteiger partial charge on any atom is 0.498 e. The molecule has 0 aromatic rings. The van der Waals surface area contributed by atoms with E-state index in [1.165, 1.54) is 0 Å². The number of halogens is 9. The summed E-state index contributed by atoms with van der Waals surface area (Å²) in [6.45, 7) is -0.577. The smallest absolute Gasteiger partial charge is 0.264 e. The SMILES string of the molecule is C[Si](F)(F)C(F)(F)C(F)(F)C(F)(F)F. The predicted octanol–water partition coefficient (Wildman–Crippen LogP) is 3.37. The van der Waals surface area contributed by atoms with Crippen LogP contribution in [0.5, 0.6) is 0 Å². The summed E-state index contributed by atoms with van der Waals surface area (Å²) in [5.74, 6) is -6.70. The van der Waals surface area contributed by atoms with Gasteiger partial charge in [-0.15, -0.1) is 0 Å². The zero-order chi connectivity index (χ0) is 12.0. The van der Waals surface area contributed by atoms with Gasteiger partial charge in [-0.1, -0.05) is 0 Å². The molecular weight excluding hydrogens is 247 g/mol.